The molecule has 1 aliphatic heterocycles. The second-order valence-corrected chi connectivity index (χ2v) is 6.31. The van der Waals surface area contributed by atoms with Gasteiger partial charge in [-0.2, -0.15) is 0 Å². The molecule has 2 aromatic rings. The summed E-state index contributed by atoms with van der Waals surface area (Å²) in [5, 5.41) is 13.7. The van der Waals surface area contributed by atoms with Crippen molar-refractivity contribution in [2.24, 2.45) is 0 Å². The van der Waals surface area contributed by atoms with Crippen LogP contribution in [0.4, 0.5) is 18.9 Å². The number of anilines is 1. The number of aliphatic hydroxyl groups excluding tert-OH is 1. The number of hydrogen-bond acceptors (Lipinski definition) is 5. The van der Waals surface area contributed by atoms with E-state index in [0.29, 0.717) is 30.2 Å². The summed E-state index contributed by atoms with van der Waals surface area (Å²) in [7, 11) is 0. The molecule has 2 heterocycles. The highest BCUT2D eigenvalue weighted by Gasteiger charge is 2.31. The second-order valence-electron chi connectivity index (χ2n) is 5.90. The van der Waals surface area contributed by atoms with Crippen molar-refractivity contribution in [3.05, 3.63) is 59.4 Å². The summed E-state index contributed by atoms with van der Waals surface area (Å²) in [4.78, 5) is 6.06. The molecule has 0 aliphatic carbocycles. The second kappa shape index (κ2) is 8.16. The largest absolute Gasteiger partial charge is 0.573 e. The van der Waals surface area contributed by atoms with Crippen LogP contribution in [0.2, 0.25) is 5.02 Å². The number of benzene rings is 1. The summed E-state index contributed by atoms with van der Waals surface area (Å²) in [6.07, 6.45) is -1.44. The molecule has 27 heavy (non-hydrogen) atoms. The summed E-state index contributed by atoms with van der Waals surface area (Å²) in [5.74, 6) is -0.319. The molecule has 1 aromatic carbocycles. The number of nitrogens with zero attached hydrogens (tertiary/aromatic N) is 2. The van der Waals surface area contributed by atoms with Gasteiger partial charge in [-0.15, -0.1) is 13.2 Å². The summed E-state index contributed by atoms with van der Waals surface area (Å²) in [6, 6.07) is 8.71. The highest BCUT2D eigenvalue weighted by atomic mass is 35.5. The number of pyridine rings is 1. The molecule has 1 aromatic heterocycles. The van der Waals surface area contributed by atoms with Gasteiger partial charge in [0.2, 0.25) is 0 Å². The molecule has 0 radical (unpaired) electrons. The number of aromatic nitrogens is 1. The number of nitrogens with one attached hydrogen (secondary N) is 1. The Kier molecular flexibility index (Phi) is 5.88. The number of hydrogen-bond donors (Lipinski definition) is 2. The first-order chi connectivity index (χ1) is 12.8. The van der Waals surface area contributed by atoms with E-state index in [9.17, 15) is 18.3 Å². The van der Waals surface area contributed by atoms with Gasteiger partial charge in [0.05, 0.1) is 10.7 Å². The quantitative estimate of drug-likeness (QED) is 0.741. The zero-order chi connectivity index (χ0) is 19.4. The van der Waals surface area contributed by atoms with E-state index in [1.54, 1.807) is 23.2 Å². The molecule has 1 aliphatic rings. The predicted octanol–water partition coefficient (Wildman–Crippen LogP) is 4.11. The SMILES string of the molecule is OC(Nc1ccc(OC(F)(F)F)cc1)N1CC=C(c2ncccc2Cl)CC1. The normalized spacial score (nSPS) is 16.6. The molecule has 144 valence electrons. The van der Waals surface area contributed by atoms with Gasteiger partial charge in [0, 0.05) is 25.0 Å². The third-order valence-corrected chi connectivity index (χ3v) is 4.34. The van der Waals surface area contributed by atoms with Crippen LogP contribution in [0.5, 0.6) is 5.75 Å². The molecule has 0 spiro atoms. The molecule has 5 nitrogen and oxygen atoms in total. The van der Waals surface area contributed by atoms with E-state index in [0.717, 1.165) is 11.3 Å². The van der Waals surface area contributed by atoms with Gasteiger partial charge >= 0.3 is 6.36 Å². The van der Waals surface area contributed by atoms with Gasteiger partial charge < -0.3 is 15.2 Å². The van der Waals surface area contributed by atoms with E-state index < -0.39 is 12.7 Å². The third-order valence-electron chi connectivity index (χ3n) is 4.03. The number of rotatable bonds is 5. The van der Waals surface area contributed by atoms with Crippen molar-refractivity contribution in [3.63, 3.8) is 0 Å². The van der Waals surface area contributed by atoms with E-state index in [1.165, 1.54) is 24.3 Å². The van der Waals surface area contributed by atoms with Crippen LogP contribution >= 0.6 is 11.6 Å². The highest BCUT2D eigenvalue weighted by Crippen LogP contribution is 2.27. The van der Waals surface area contributed by atoms with Crippen molar-refractivity contribution in [2.45, 2.75) is 19.1 Å². The van der Waals surface area contributed by atoms with E-state index in [2.05, 4.69) is 15.0 Å². The van der Waals surface area contributed by atoms with Crippen LogP contribution in [0, 0.1) is 0 Å². The smallest absolute Gasteiger partial charge is 0.406 e. The summed E-state index contributed by atoms with van der Waals surface area (Å²) in [5.41, 5.74) is 2.22. The van der Waals surface area contributed by atoms with Gasteiger partial charge in [-0.05, 0) is 48.4 Å². The van der Waals surface area contributed by atoms with Crippen LogP contribution < -0.4 is 10.1 Å². The Morgan fingerprint density at radius 2 is 1.96 bits per heavy atom. The maximum Gasteiger partial charge on any atom is 0.573 e. The molecule has 0 bridgehead atoms. The van der Waals surface area contributed by atoms with Crippen molar-refractivity contribution in [2.75, 3.05) is 18.4 Å². The molecule has 0 saturated heterocycles. The van der Waals surface area contributed by atoms with Crippen LogP contribution in [-0.2, 0) is 0 Å². The van der Waals surface area contributed by atoms with Crippen LogP contribution in [-0.4, -0.2) is 40.8 Å². The maximum atomic E-state index is 12.2. The van der Waals surface area contributed by atoms with E-state index >= 15 is 0 Å². The lowest BCUT2D eigenvalue weighted by Crippen LogP contribution is -2.43. The topological polar surface area (TPSA) is 57.6 Å². The van der Waals surface area contributed by atoms with Gasteiger partial charge in [0.1, 0.15) is 5.75 Å². The minimum atomic E-state index is -4.73. The molecule has 9 heteroatoms. The van der Waals surface area contributed by atoms with Crippen molar-refractivity contribution < 1.29 is 23.0 Å². The standard InChI is InChI=1S/C18H17ClF3N3O2/c19-15-2-1-9-23-16(15)12-7-10-25(11-8-12)17(26)24-13-3-5-14(6-4-13)27-18(20,21)22/h1-7,9,17,24,26H,8,10-11H2. The average molecular weight is 400 g/mol. The van der Waals surface area contributed by atoms with Gasteiger partial charge in [-0.3, -0.25) is 9.88 Å². The van der Waals surface area contributed by atoms with Crippen molar-refractivity contribution in [1.29, 1.82) is 0 Å². The first-order valence-electron chi connectivity index (χ1n) is 8.16. The third kappa shape index (κ3) is 5.35. The Labute approximate surface area is 159 Å². The molecule has 0 saturated carbocycles. The predicted molar refractivity (Wildman–Crippen MR) is 96.2 cm³/mol. The van der Waals surface area contributed by atoms with Gasteiger partial charge in [-0.25, -0.2) is 0 Å². The zero-order valence-corrected chi connectivity index (χ0v) is 14.8. The molecular weight excluding hydrogens is 383 g/mol. The van der Waals surface area contributed by atoms with Gasteiger partial charge in [0.15, 0.2) is 6.35 Å². The first kappa shape index (κ1) is 19.5. The fourth-order valence-electron chi connectivity index (χ4n) is 2.74. The monoisotopic (exact) mass is 399 g/mol. The zero-order valence-electron chi connectivity index (χ0n) is 14.1. The first-order valence-corrected chi connectivity index (χ1v) is 8.54. The summed E-state index contributed by atoms with van der Waals surface area (Å²) < 4.78 is 40.3. The van der Waals surface area contributed by atoms with E-state index in [1.807, 2.05) is 6.08 Å². The molecule has 1 unspecified atom stereocenters. The highest BCUT2D eigenvalue weighted by molar-refractivity contribution is 6.32. The fraction of sp³-hybridized carbons (Fsp3) is 0.278. The number of halogens is 4. The molecule has 1 atom stereocenters. The van der Waals surface area contributed by atoms with E-state index in [4.69, 9.17) is 11.6 Å². The van der Waals surface area contributed by atoms with Crippen LogP contribution in [0.1, 0.15) is 12.1 Å². The van der Waals surface area contributed by atoms with Crippen LogP contribution in [0.15, 0.2) is 48.7 Å². The minimum Gasteiger partial charge on any atom is -0.406 e. The lowest BCUT2D eigenvalue weighted by Gasteiger charge is -2.31. The summed E-state index contributed by atoms with van der Waals surface area (Å²) in [6.45, 7) is 1.05. The molecule has 0 amide bonds. The number of alkyl halides is 3. The average Bonchev–Trinajstić information content (AvgIpc) is 2.63. The van der Waals surface area contributed by atoms with Crippen LogP contribution in [0.25, 0.3) is 5.57 Å². The number of aliphatic hydroxyl groups is 1. The van der Waals surface area contributed by atoms with E-state index in [-0.39, 0.29) is 5.75 Å². The Balaban J connectivity index is 1.58. The Morgan fingerprint density at radius 1 is 1.22 bits per heavy atom. The lowest BCUT2D eigenvalue weighted by atomic mass is 10.0. The minimum absolute atomic E-state index is 0.319. The fourth-order valence-corrected chi connectivity index (χ4v) is 2.98. The Bertz CT molecular complexity index is 812. The maximum absolute atomic E-state index is 12.2. The Morgan fingerprint density at radius 3 is 2.56 bits per heavy atom. The molecule has 2 N–H and O–H groups in total. The summed E-state index contributed by atoms with van der Waals surface area (Å²) >= 11 is 6.16. The van der Waals surface area contributed by atoms with Gasteiger partial charge in [0.25, 0.3) is 0 Å². The molecule has 3 rings (SSSR count). The lowest BCUT2D eigenvalue weighted by molar-refractivity contribution is -0.274. The van der Waals surface area contributed by atoms with Gasteiger partial charge in [-0.1, -0.05) is 17.7 Å². The van der Waals surface area contributed by atoms with Crippen LogP contribution in [0.3, 0.4) is 0 Å². The molecular formula is C18H17ClF3N3O2. The van der Waals surface area contributed by atoms with Crippen molar-refractivity contribution in [1.82, 2.24) is 9.88 Å². The van der Waals surface area contributed by atoms with Crippen molar-refractivity contribution in [3.8, 4) is 5.75 Å². The van der Waals surface area contributed by atoms with Crippen molar-refractivity contribution >= 4 is 22.9 Å². The number of ether oxygens (including phenoxy) is 1. The Hall–Kier alpha value is -2.29. The molecule has 0 fully saturated rings.